The second kappa shape index (κ2) is 8.37. The molecule has 21 heavy (non-hydrogen) atoms. The number of aromatic nitrogens is 2. The molecule has 0 saturated heterocycles. The van der Waals surface area contributed by atoms with E-state index in [1.54, 1.807) is 0 Å². The van der Waals surface area contributed by atoms with E-state index < -0.39 is 0 Å². The maximum Gasteiger partial charge on any atom is 0.130 e. The Morgan fingerprint density at radius 3 is 2.57 bits per heavy atom. The summed E-state index contributed by atoms with van der Waals surface area (Å²) >= 11 is 0. The normalized spacial score (nSPS) is 10.8. The summed E-state index contributed by atoms with van der Waals surface area (Å²) in [6.07, 6.45) is 4.79. The lowest BCUT2D eigenvalue weighted by Gasteiger charge is -2.21. The highest BCUT2D eigenvalue weighted by Gasteiger charge is 2.09. The molecular weight excluding hydrogens is 260 g/mol. The van der Waals surface area contributed by atoms with E-state index >= 15 is 0 Å². The first-order valence-electron chi connectivity index (χ1n) is 7.63. The lowest BCUT2D eigenvalue weighted by atomic mass is 10.2. The van der Waals surface area contributed by atoms with Gasteiger partial charge in [0.15, 0.2) is 0 Å². The van der Waals surface area contributed by atoms with Crippen LogP contribution in [0.2, 0.25) is 0 Å². The minimum Gasteiger partial charge on any atom is -0.370 e. The molecule has 2 aromatic heterocycles. The minimum absolute atomic E-state index is 0.861. The zero-order chi connectivity index (χ0) is 14.9. The molecule has 0 atom stereocenters. The van der Waals surface area contributed by atoms with E-state index in [2.05, 4.69) is 46.2 Å². The highest BCUT2D eigenvalue weighted by molar-refractivity contribution is 5.43. The number of nitrogens with one attached hydrogen (secondary N) is 1. The zero-order valence-electron chi connectivity index (χ0n) is 12.9. The fraction of sp³-hybridized carbons (Fsp3) is 0.412. The molecule has 0 radical (unpaired) electrons. The Morgan fingerprint density at radius 2 is 1.86 bits per heavy atom. The van der Waals surface area contributed by atoms with E-state index in [0.29, 0.717) is 0 Å². The van der Waals surface area contributed by atoms with Crippen LogP contribution in [0.1, 0.15) is 31.5 Å². The summed E-state index contributed by atoms with van der Waals surface area (Å²) in [4.78, 5) is 11.2. The van der Waals surface area contributed by atoms with Crippen LogP contribution in [0.3, 0.4) is 0 Å². The van der Waals surface area contributed by atoms with Gasteiger partial charge < -0.3 is 5.32 Å². The van der Waals surface area contributed by atoms with Crippen molar-refractivity contribution in [1.82, 2.24) is 14.9 Å². The smallest absolute Gasteiger partial charge is 0.130 e. The number of rotatable bonds is 8. The summed E-state index contributed by atoms with van der Waals surface area (Å²) in [6.45, 7) is 8.02. The van der Waals surface area contributed by atoms with Gasteiger partial charge >= 0.3 is 0 Å². The molecule has 4 heteroatoms. The van der Waals surface area contributed by atoms with Crippen molar-refractivity contribution in [3.05, 3.63) is 54.0 Å². The van der Waals surface area contributed by atoms with E-state index in [9.17, 15) is 0 Å². The van der Waals surface area contributed by atoms with Crippen LogP contribution in [-0.4, -0.2) is 28.0 Å². The molecule has 0 aromatic carbocycles. The molecule has 2 heterocycles. The number of anilines is 1. The summed E-state index contributed by atoms with van der Waals surface area (Å²) in [5.74, 6) is 0.999. The van der Waals surface area contributed by atoms with Crippen LogP contribution in [-0.2, 0) is 13.1 Å². The van der Waals surface area contributed by atoms with Crippen molar-refractivity contribution < 1.29 is 0 Å². The quantitative estimate of drug-likeness (QED) is 0.807. The largest absolute Gasteiger partial charge is 0.370 e. The standard InChI is InChI=1S/C17H24N4/c1-3-10-19-17-15(8-7-12-20-17)13-21(4-2)14-16-9-5-6-11-18-16/h5-9,11-12H,3-4,10,13-14H2,1-2H3,(H,19,20). The maximum absolute atomic E-state index is 4.46. The third-order valence-electron chi connectivity index (χ3n) is 3.39. The molecule has 0 unspecified atom stereocenters. The van der Waals surface area contributed by atoms with Gasteiger partial charge in [-0.2, -0.15) is 0 Å². The predicted molar refractivity (Wildman–Crippen MR) is 87.0 cm³/mol. The van der Waals surface area contributed by atoms with Crippen molar-refractivity contribution in [3.8, 4) is 0 Å². The van der Waals surface area contributed by atoms with Gasteiger partial charge in [0.2, 0.25) is 0 Å². The van der Waals surface area contributed by atoms with Crippen LogP contribution >= 0.6 is 0 Å². The number of hydrogen-bond donors (Lipinski definition) is 1. The monoisotopic (exact) mass is 284 g/mol. The Labute approximate surface area is 127 Å². The number of nitrogens with zero attached hydrogens (tertiary/aromatic N) is 3. The fourth-order valence-corrected chi connectivity index (χ4v) is 2.21. The van der Waals surface area contributed by atoms with Crippen molar-refractivity contribution >= 4 is 5.82 Å². The van der Waals surface area contributed by atoms with Crippen molar-refractivity contribution in [2.45, 2.75) is 33.4 Å². The van der Waals surface area contributed by atoms with Gasteiger partial charge in [-0.25, -0.2) is 4.98 Å². The van der Waals surface area contributed by atoms with Crippen molar-refractivity contribution in [2.75, 3.05) is 18.4 Å². The van der Waals surface area contributed by atoms with Gasteiger partial charge in [0, 0.05) is 37.6 Å². The average Bonchev–Trinajstić information content (AvgIpc) is 2.54. The first kappa shape index (κ1) is 15.4. The van der Waals surface area contributed by atoms with Crippen LogP contribution < -0.4 is 5.32 Å². The minimum atomic E-state index is 0.861. The molecule has 0 bridgehead atoms. The Kier molecular flexibility index (Phi) is 6.16. The van der Waals surface area contributed by atoms with Gasteiger partial charge in [0.25, 0.3) is 0 Å². The van der Waals surface area contributed by atoms with Crippen LogP contribution in [0.25, 0.3) is 0 Å². The van der Waals surface area contributed by atoms with Gasteiger partial charge in [-0.05, 0) is 31.2 Å². The lowest BCUT2D eigenvalue weighted by Crippen LogP contribution is -2.23. The summed E-state index contributed by atoms with van der Waals surface area (Å²) in [5.41, 5.74) is 2.34. The molecule has 112 valence electrons. The third-order valence-corrected chi connectivity index (χ3v) is 3.39. The Balaban J connectivity index is 2.04. The number of hydrogen-bond acceptors (Lipinski definition) is 4. The molecule has 0 saturated carbocycles. The van der Waals surface area contributed by atoms with E-state index in [1.165, 1.54) is 5.56 Å². The Bertz CT molecular complexity index is 527. The van der Waals surface area contributed by atoms with E-state index in [0.717, 1.165) is 44.1 Å². The molecule has 0 aliphatic heterocycles. The van der Waals surface area contributed by atoms with Crippen LogP contribution in [0.4, 0.5) is 5.82 Å². The van der Waals surface area contributed by atoms with Crippen LogP contribution in [0.15, 0.2) is 42.7 Å². The average molecular weight is 284 g/mol. The topological polar surface area (TPSA) is 41.1 Å². The van der Waals surface area contributed by atoms with E-state index in [1.807, 2.05) is 30.6 Å². The molecule has 0 aliphatic rings. The second-order valence-electron chi connectivity index (χ2n) is 5.06. The fourth-order valence-electron chi connectivity index (χ4n) is 2.21. The van der Waals surface area contributed by atoms with Crippen molar-refractivity contribution in [3.63, 3.8) is 0 Å². The zero-order valence-corrected chi connectivity index (χ0v) is 12.9. The Morgan fingerprint density at radius 1 is 1.00 bits per heavy atom. The second-order valence-corrected chi connectivity index (χ2v) is 5.06. The summed E-state index contributed by atoms with van der Waals surface area (Å²) < 4.78 is 0. The molecule has 2 rings (SSSR count). The SMILES string of the molecule is CCCNc1ncccc1CN(CC)Cc1ccccn1. The molecule has 0 aliphatic carbocycles. The Hall–Kier alpha value is -1.94. The van der Waals surface area contributed by atoms with Gasteiger partial charge in [0.05, 0.1) is 5.69 Å². The summed E-state index contributed by atoms with van der Waals surface area (Å²) in [5, 5.41) is 3.40. The highest BCUT2D eigenvalue weighted by Crippen LogP contribution is 2.15. The summed E-state index contributed by atoms with van der Waals surface area (Å²) in [6, 6.07) is 10.2. The van der Waals surface area contributed by atoms with Crippen molar-refractivity contribution in [1.29, 1.82) is 0 Å². The molecule has 0 fully saturated rings. The summed E-state index contributed by atoms with van der Waals surface area (Å²) in [7, 11) is 0. The number of pyridine rings is 2. The van der Waals surface area contributed by atoms with Gasteiger partial charge in [-0.3, -0.25) is 9.88 Å². The van der Waals surface area contributed by atoms with Crippen molar-refractivity contribution in [2.24, 2.45) is 0 Å². The molecule has 1 N–H and O–H groups in total. The molecule has 2 aromatic rings. The van der Waals surface area contributed by atoms with Gasteiger partial charge in [-0.15, -0.1) is 0 Å². The first-order chi connectivity index (χ1) is 10.3. The van der Waals surface area contributed by atoms with Crippen LogP contribution in [0, 0.1) is 0 Å². The van der Waals surface area contributed by atoms with Crippen LogP contribution in [0.5, 0.6) is 0 Å². The van der Waals surface area contributed by atoms with Gasteiger partial charge in [-0.1, -0.05) is 26.0 Å². The maximum atomic E-state index is 4.46. The lowest BCUT2D eigenvalue weighted by molar-refractivity contribution is 0.268. The first-order valence-corrected chi connectivity index (χ1v) is 7.63. The third kappa shape index (κ3) is 4.83. The molecule has 0 spiro atoms. The molecule has 0 amide bonds. The van der Waals surface area contributed by atoms with Gasteiger partial charge in [0.1, 0.15) is 5.82 Å². The highest BCUT2D eigenvalue weighted by atomic mass is 15.1. The van der Waals surface area contributed by atoms with E-state index in [-0.39, 0.29) is 0 Å². The molecular formula is C17H24N4. The van der Waals surface area contributed by atoms with E-state index in [4.69, 9.17) is 0 Å². The predicted octanol–water partition coefficient (Wildman–Crippen LogP) is 3.32. The molecule has 4 nitrogen and oxygen atoms in total.